The van der Waals surface area contributed by atoms with E-state index in [4.69, 9.17) is 0 Å². The van der Waals surface area contributed by atoms with Crippen LogP contribution < -0.4 is 5.09 Å². The fourth-order valence-corrected chi connectivity index (χ4v) is 3.19. The maximum Gasteiger partial charge on any atom is 0.399 e. The molecule has 2 aromatic heterocycles. The van der Waals surface area contributed by atoms with E-state index in [2.05, 4.69) is 30.2 Å². The van der Waals surface area contributed by atoms with E-state index in [0.29, 0.717) is 12.1 Å². The first-order chi connectivity index (χ1) is 9.70. The van der Waals surface area contributed by atoms with Crippen LogP contribution in [0.2, 0.25) is 0 Å². The first kappa shape index (κ1) is 14.1. The molecule has 0 radical (unpaired) electrons. The zero-order valence-corrected chi connectivity index (χ0v) is 12.1. The van der Waals surface area contributed by atoms with E-state index >= 15 is 0 Å². The summed E-state index contributed by atoms with van der Waals surface area (Å²) in [4.78, 5) is 11.7. The predicted octanol–water partition coefficient (Wildman–Crippen LogP) is 1.31. The summed E-state index contributed by atoms with van der Waals surface area (Å²) >= 11 is 0. The second-order valence-electron chi connectivity index (χ2n) is 3.70. The minimum Gasteiger partial charge on any atom is -0.303 e. The summed E-state index contributed by atoms with van der Waals surface area (Å²) in [5.74, 6) is 0. The second kappa shape index (κ2) is 6.25. The molecular formula is C10H15N8OP. The Labute approximate surface area is 116 Å². The molecule has 0 unspecified atom stereocenters. The molecule has 0 spiro atoms. The van der Waals surface area contributed by atoms with Crippen LogP contribution >= 0.6 is 7.59 Å². The molecule has 10 heteroatoms. The highest BCUT2D eigenvalue weighted by molar-refractivity contribution is 7.58. The third kappa shape index (κ3) is 2.83. The Morgan fingerprint density at radius 2 is 1.90 bits per heavy atom. The minimum atomic E-state index is -3.35. The number of nitrogens with zero attached hydrogens (tertiary/aromatic N) is 7. The maximum atomic E-state index is 13.2. The van der Waals surface area contributed by atoms with Gasteiger partial charge in [0.05, 0.1) is 0 Å². The van der Waals surface area contributed by atoms with E-state index in [9.17, 15) is 4.57 Å². The number of nitrogens with one attached hydrogen (secondary N) is 1. The molecule has 0 aromatic carbocycles. The van der Waals surface area contributed by atoms with Gasteiger partial charge in [-0.15, -0.1) is 0 Å². The standard InChI is InChI=1S/C10H15N8OP/c1-3-10(5-11-4-2)16-20(19,17-8-12-6-14-17)18-9-13-7-15-18/h4-9H,3H2,1-2H3,(H,16,19)/b10-5-,11-4-. The number of allylic oxidation sites excluding steroid dienone is 1. The number of aromatic nitrogens is 6. The van der Waals surface area contributed by atoms with Crippen molar-refractivity contribution in [2.45, 2.75) is 20.3 Å². The molecular weight excluding hydrogens is 279 g/mol. The van der Waals surface area contributed by atoms with Crippen molar-refractivity contribution in [3.8, 4) is 0 Å². The van der Waals surface area contributed by atoms with Gasteiger partial charge in [0.2, 0.25) is 0 Å². The van der Waals surface area contributed by atoms with E-state index in [1.54, 1.807) is 19.3 Å². The predicted molar refractivity (Wildman–Crippen MR) is 74.1 cm³/mol. The first-order valence-electron chi connectivity index (χ1n) is 5.96. The monoisotopic (exact) mass is 294 g/mol. The lowest BCUT2D eigenvalue weighted by Gasteiger charge is -2.20. The van der Waals surface area contributed by atoms with Gasteiger partial charge in [0.25, 0.3) is 0 Å². The average Bonchev–Trinajstić information content (AvgIpc) is 3.16. The van der Waals surface area contributed by atoms with E-state index in [0.717, 1.165) is 0 Å². The van der Waals surface area contributed by atoms with Gasteiger partial charge in [-0.05, 0) is 13.3 Å². The summed E-state index contributed by atoms with van der Waals surface area (Å²) in [7, 11) is -3.35. The molecule has 2 heterocycles. The zero-order valence-electron chi connectivity index (χ0n) is 11.2. The molecule has 106 valence electrons. The molecule has 0 fully saturated rings. The Hall–Kier alpha value is -2.28. The fraction of sp³-hybridized carbons (Fsp3) is 0.300. The minimum absolute atomic E-state index is 0.630. The van der Waals surface area contributed by atoms with E-state index in [1.165, 1.54) is 34.2 Å². The lowest BCUT2D eigenvalue weighted by Crippen LogP contribution is -2.21. The molecule has 0 amide bonds. The van der Waals surface area contributed by atoms with Gasteiger partial charge in [-0.3, -0.25) is 4.99 Å². The highest BCUT2D eigenvalue weighted by Gasteiger charge is 2.29. The van der Waals surface area contributed by atoms with E-state index in [-0.39, 0.29) is 0 Å². The summed E-state index contributed by atoms with van der Waals surface area (Å²) < 4.78 is 15.7. The van der Waals surface area contributed by atoms with Crippen LogP contribution in [0, 0.1) is 0 Å². The van der Waals surface area contributed by atoms with Gasteiger partial charge in [0.15, 0.2) is 0 Å². The van der Waals surface area contributed by atoms with Crippen molar-refractivity contribution in [1.29, 1.82) is 0 Å². The van der Waals surface area contributed by atoms with Crippen molar-refractivity contribution < 1.29 is 4.57 Å². The van der Waals surface area contributed by atoms with Crippen LogP contribution in [0.4, 0.5) is 0 Å². The van der Waals surface area contributed by atoms with Gasteiger partial charge < -0.3 is 5.09 Å². The molecule has 0 saturated heterocycles. The molecule has 0 aliphatic carbocycles. The third-order valence-electron chi connectivity index (χ3n) is 2.42. The highest BCUT2D eigenvalue weighted by Crippen LogP contribution is 2.43. The summed E-state index contributed by atoms with van der Waals surface area (Å²) in [5.41, 5.74) is 0.692. The summed E-state index contributed by atoms with van der Waals surface area (Å²) in [6, 6.07) is 0. The molecule has 2 aromatic rings. The van der Waals surface area contributed by atoms with E-state index < -0.39 is 7.59 Å². The SMILES string of the molecule is C/C=N\C=C(\CC)NP(=O)(n1cncn1)n1cncn1. The molecule has 20 heavy (non-hydrogen) atoms. The van der Waals surface area contributed by atoms with Gasteiger partial charge >= 0.3 is 7.59 Å². The van der Waals surface area contributed by atoms with Gasteiger partial charge in [-0.25, -0.2) is 14.5 Å². The van der Waals surface area contributed by atoms with Crippen molar-refractivity contribution in [2.75, 3.05) is 0 Å². The summed E-state index contributed by atoms with van der Waals surface area (Å²) in [6.07, 6.45) is 9.24. The Balaban J connectivity index is 2.41. The van der Waals surface area contributed by atoms with Gasteiger partial charge in [-0.1, -0.05) is 6.92 Å². The van der Waals surface area contributed by atoms with Gasteiger partial charge in [-0.2, -0.15) is 19.1 Å². The Morgan fingerprint density at radius 1 is 1.30 bits per heavy atom. The highest BCUT2D eigenvalue weighted by atomic mass is 31.2. The van der Waals surface area contributed by atoms with Crippen LogP contribution in [0.3, 0.4) is 0 Å². The summed E-state index contributed by atoms with van der Waals surface area (Å²) in [5, 5.41) is 10.8. The van der Waals surface area contributed by atoms with E-state index in [1.807, 2.05) is 6.92 Å². The Kier molecular flexibility index (Phi) is 4.41. The van der Waals surface area contributed by atoms with Crippen molar-refractivity contribution in [3.63, 3.8) is 0 Å². The van der Waals surface area contributed by atoms with Crippen LogP contribution in [-0.2, 0) is 4.57 Å². The van der Waals surface area contributed by atoms with Crippen molar-refractivity contribution in [3.05, 3.63) is 37.2 Å². The topological polar surface area (TPSA) is 103 Å². The fourth-order valence-electron chi connectivity index (χ4n) is 1.43. The van der Waals surface area contributed by atoms with Crippen LogP contribution in [0.25, 0.3) is 0 Å². The number of hydrogen-bond acceptors (Lipinski definition) is 6. The summed E-state index contributed by atoms with van der Waals surface area (Å²) in [6.45, 7) is 3.73. The van der Waals surface area contributed by atoms with Crippen LogP contribution in [0.15, 0.2) is 42.2 Å². The Bertz CT molecular complexity index is 592. The zero-order chi connectivity index (χ0) is 14.4. The molecule has 0 atom stereocenters. The number of hydrogen-bond donors (Lipinski definition) is 1. The lowest BCUT2D eigenvalue weighted by atomic mass is 10.4. The number of rotatable bonds is 6. The lowest BCUT2D eigenvalue weighted by molar-refractivity contribution is 0.540. The molecule has 1 N–H and O–H groups in total. The number of aliphatic imine (C=N–C) groups is 1. The van der Waals surface area contributed by atoms with Crippen LogP contribution in [-0.4, -0.2) is 35.3 Å². The maximum absolute atomic E-state index is 13.2. The second-order valence-corrected chi connectivity index (χ2v) is 5.83. The quantitative estimate of drug-likeness (QED) is 0.636. The van der Waals surface area contributed by atoms with Crippen molar-refractivity contribution in [1.82, 2.24) is 34.2 Å². The van der Waals surface area contributed by atoms with Crippen molar-refractivity contribution in [2.24, 2.45) is 4.99 Å². The molecule has 9 nitrogen and oxygen atoms in total. The van der Waals surface area contributed by atoms with Crippen LogP contribution in [0.1, 0.15) is 20.3 Å². The molecule has 0 aliphatic heterocycles. The largest absolute Gasteiger partial charge is 0.399 e. The Morgan fingerprint density at radius 3 is 2.30 bits per heavy atom. The smallest absolute Gasteiger partial charge is 0.303 e. The third-order valence-corrected chi connectivity index (χ3v) is 4.52. The molecule has 0 aliphatic rings. The molecule has 2 rings (SSSR count). The normalized spacial score (nSPS) is 13.0. The van der Waals surface area contributed by atoms with Gasteiger partial charge in [0.1, 0.15) is 25.3 Å². The average molecular weight is 294 g/mol. The van der Waals surface area contributed by atoms with Crippen molar-refractivity contribution >= 4 is 13.8 Å². The molecule has 0 saturated carbocycles. The first-order valence-corrected chi connectivity index (χ1v) is 7.58. The van der Waals surface area contributed by atoms with Gasteiger partial charge in [0, 0.05) is 18.1 Å². The van der Waals surface area contributed by atoms with Crippen LogP contribution in [0.5, 0.6) is 0 Å². The molecule has 0 bridgehead atoms.